The molecule has 1 aliphatic heterocycles. The number of aromatic nitrogens is 4. The number of fused-ring (bicyclic) bond motifs is 2. The van der Waals surface area contributed by atoms with Gasteiger partial charge in [-0.1, -0.05) is 25.3 Å². The summed E-state index contributed by atoms with van der Waals surface area (Å²) >= 11 is 0. The number of aromatic amines is 1. The Morgan fingerprint density at radius 3 is 2.78 bits per heavy atom. The van der Waals surface area contributed by atoms with Crippen molar-refractivity contribution in [3.63, 3.8) is 0 Å². The topological polar surface area (TPSA) is 114 Å². The molecule has 0 unspecified atom stereocenters. The third-order valence-electron chi connectivity index (χ3n) is 7.57. The quantitative estimate of drug-likeness (QED) is 0.388. The molecule has 0 bridgehead atoms. The average molecular weight is 493 g/mol. The van der Waals surface area contributed by atoms with E-state index in [9.17, 15) is 10.1 Å². The van der Waals surface area contributed by atoms with Crippen LogP contribution in [-0.4, -0.2) is 38.2 Å². The number of nitriles is 1. The number of nitrogens with one attached hydrogen (secondary N) is 2. The summed E-state index contributed by atoms with van der Waals surface area (Å²) in [6.45, 7) is 3.99. The fraction of sp³-hybridized carbons (Fsp3) is 0.321. The standard InChI is InChI=1S/C28H28N8O/c1-17-22-15-31-34-24(22)12-11-23(17)32-28-30-16-25-26(33-28)35(20-8-4-3-5-9-20)18(2)27(37)36(25)21-10-6-7-19(13-21)14-29/h6-7,10-13,15-16,18,20H,3-5,8-9H2,1-2H3,(H,31,34)(H,30,32,33)/t18-/m1/s1. The van der Waals surface area contributed by atoms with Crippen LogP contribution in [0.5, 0.6) is 0 Å². The Bertz CT molecular complexity index is 1530. The lowest BCUT2D eigenvalue weighted by Gasteiger charge is -2.45. The van der Waals surface area contributed by atoms with Crippen LogP contribution in [0.2, 0.25) is 0 Å². The maximum atomic E-state index is 13.8. The van der Waals surface area contributed by atoms with Crippen LogP contribution in [0.15, 0.2) is 48.8 Å². The maximum absolute atomic E-state index is 13.8. The van der Waals surface area contributed by atoms with Crippen LogP contribution < -0.4 is 15.1 Å². The van der Waals surface area contributed by atoms with E-state index in [2.05, 4.69) is 31.5 Å². The van der Waals surface area contributed by atoms with E-state index in [1.165, 1.54) is 6.42 Å². The minimum absolute atomic E-state index is 0.0428. The first kappa shape index (κ1) is 23.0. The van der Waals surface area contributed by atoms with Gasteiger partial charge in [-0.15, -0.1) is 0 Å². The van der Waals surface area contributed by atoms with Crippen molar-refractivity contribution < 1.29 is 4.79 Å². The number of carbonyl (C=O) groups is 1. The average Bonchev–Trinajstić information content (AvgIpc) is 3.42. The molecule has 1 atom stereocenters. The normalized spacial score (nSPS) is 18.1. The molecule has 2 N–H and O–H groups in total. The first-order chi connectivity index (χ1) is 18.0. The summed E-state index contributed by atoms with van der Waals surface area (Å²) in [5.74, 6) is 1.16. The minimum atomic E-state index is -0.395. The zero-order valence-corrected chi connectivity index (χ0v) is 20.9. The molecule has 9 heteroatoms. The van der Waals surface area contributed by atoms with Crippen molar-refractivity contribution in [2.24, 2.45) is 0 Å². The summed E-state index contributed by atoms with van der Waals surface area (Å²) in [5.41, 5.74) is 4.70. The molecule has 1 saturated carbocycles. The van der Waals surface area contributed by atoms with Crippen LogP contribution in [0.25, 0.3) is 10.9 Å². The number of nitrogens with zero attached hydrogens (tertiary/aromatic N) is 6. The van der Waals surface area contributed by atoms with E-state index in [4.69, 9.17) is 4.98 Å². The van der Waals surface area contributed by atoms with Gasteiger partial charge in [0, 0.05) is 17.1 Å². The van der Waals surface area contributed by atoms with Crippen LogP contribution in [0.1, 0.15) is 50.2 Å². The first-order valence-electron chi connectivity index (χ1n) is 12.7. The molecule has 1 amide bonds. The second-order valence-corrected chi connectivity index (χ2v) is 9.81. The van der Waals surface area contributed by atoms with Crippen molar-refractivity contribution in [2.45, 2.75) is 58.0 Å². The van der Waals surface area contributed by atoms with Gasteiger partial charge in [0.1, 0.15) is 11.7 Å². The number of rotatable bonds is 4. The Balaban J connectivity index is 1.45. The third kappa shape index (κ3) is 3.95. The highest BCUT2D eigenvalue weighted by atomic mass is 16.2. The lowest BCUT2D eigenvalue weighted by Crippen LogP contribution is -2.55. The second-order valence-electron chi connectivity index (χ2n) is 9.81. The number of H-pyrrole nitrogens is 1. The number of hydrogen-bond acceptors (Lipinski definition) is 7. The fourth-order valence-corrected chi connectivity index (χ4v) is 5.63. The molecule has 0 radical (unpaired) electrons. The van der Waals surface area contributed by atoms with E-state index in [0.29, 0.717) is 22.9 Å². The molecule has 0 saturated heterocycles. The van der Waals surface area contributed by atoms with Gasteiger partial charge in [0.2, 0.25) is 5.95 Å². The number of aryl methyl sites for hydroxylation is 1. The van der Waals surface area contributed by atoms with Gasteiger partial charge in [0.05, 0.1) is 35.2 Å². The lowest BCUT2D eigenvalue weighted by molar-refractivity contribution is -0.119. The molecule has 37 heavy (non-hydrogen) atoms. The zero-order chi connectivity index (χ0) is 25.5. The van der Waals surface area contributed by atoms with E-state index in [1.54, 1.807) is 29.3 Å². The van der Waals surface area contributed by atoms with Crippen molar-refractivity contribution >= 4 is 45.6 Å². The highest BCUT2D eigenvalue weighted by Crippen LogP contribution is 2.42. The molecular weight excluding hydrogens is 464 g/mol. The molecule has 2 aromatic heterocycles. The molecular formula is C28H28N8O. The van der Waals surface area contributed by atoms with Crippen molar-refractivity contribution in [3.8, 4) is 6.07 Å². The van der Waals surface area contributed by atoms with Crippen LogP contribution in [-0.2, 0) is 4.79 Å². The molecule has 2 aliphatic rings. The molecule has 0 spiro atoms. The predicted molar refractivity (Wildman–Crippen MR) is 143 cm³/mol. The maximum Gasteiger partial charge on any atom is 0.254 e. The van der Waals surface area contributed by atoms with Gasteiger partial charge in [-0.2, -0.15) is 15.3 Å². The molecule has 1 aliphatic carbocycles. The van der Waals surface area contributed by atoms with Crippen molar-refractivity contribution in [2.75, 3.05) is 15.1 Å². The van der Waals surface area contributed by atoms with Gasteiger partial charge in [0.15, 0.2) is 5.82 Å². The number of hydrogen-bond donors (Lipinski definition) is 2. The van der Waals surface area contributed by atoms with Gasteiger partial charge in [0.25, 0.3) is 5.91 Å². The number of carbonyl (C=O) groups excluding carboxylic acids is 1. The van der Waals surface area contributed by atoms with Crippen molar-refractivity contribution in [1.29, 1.82) is 5.26 Å². The molecule has 186 valence electrons. The van der Waals surface area contributed by atoms with E-state index in [1.807, 2.05) is 38.2 Å². The lowest BCUT2D eigenvalue weighted by atomic mass is 9.92. The molecule has 3 heterocycles. The Kier molecular flexibility index (Phi) is 5.72. The summed E-state index contributed by atoms with van der Waals surface area (Å²) in [5, 5.41) is 21.0. The van der Waals surface area contributed by atoms with Gasteiger partial charge >= 0.3 is 0 Å². The number of anilines is 5. The predicted octanol–water partition coefficient (Wildman–Crippen LogP) is 5.48. The van der Waals surface area contributed by atoms with Crippen LogP contribution in [0.3, 0.4) is 0 Å². The fourth-order valence-electron chi connectivity index (χ4n) is 5.63. The molecule has 1 fully saturated rings. The Hall–Kier alpha value is -4.45. The highest BCUT2D eigenvalue weighted by molar-refractivity contribution is 6.10. The monoisotopic (exact) mass is 492 g/mol. The SMILES string of the molecule is Cc1c(Nc2ncc3c(n2)N(C2CCCCC2)[C@H](C)C(=O)N3c2cccc(C#N)c2)ccc2[nH]ncc12. The van der Waals surface area contributed by atoms with Crippen LogP contribution in [0.4, 0.5) is 28.8 Å². The molecule has 2 aromatic carbocycles. The second kappa shape index (κ2) is 9.21. The first-order valence-corrected chi connectivity index (χ1v) is 12.7. The summed E-state index contributed by atoms with van der Waals surface area (Å²) in [7, 11) is 0. The third-order valence-corrected chi connectivity index (χ3v) is 7.57. The largest absolute Gasteiger partial charge is 0.340 e. The molecule has 6 rings (SSSR count). The van der Waals surface area contributed by atoms with E-state index in [0.717, 1.165) is 53.7 Å². The van der Waals surface area contributed by atoms with Gasteiger partial charge in [-0.25, -0.2) is 4.98 Å². The number of amides is 1. The van der Waals surface area contributed by atoms with Gasteiger partial charge in [-0.3, -0.25) is 14.8 Å². The zero-order valence-electron chi connectivity index (χ0n) is 20.9. The number of benzene rings is 2. The Morgan fingerprint density at radius 1 is 1.14 bits per heavy atom. The summed E-state index contributed by atoms with van der Waals surface area (Å²) in [4.78, 5) is 27.3. The Labute approximate surface area is 215 Å². The van der Waals surface area contributed by atoms with E-state index in [-0.39, 0.29) is 11.9 Å². The highest BCUT2D eigenvalue weighted by Gasteiger charge is 2.41. The van der Waals surface area contributed by atoms with Crippen LogP contribution >= 0.6 is 0 Å². The minimum Gasteiger partial charge on any atom is -0.340 e. The molecule has 4 aromatic rings. The van der Waals surface area contributed by atoms with Gasteiger partial charge < -0.3 is 10.2 Å². The van der Waals surface area contributed by atoms with Crippen molar-refractivity contribution in [1.82, 2.24) is 20.2 Å². The smallest absolute Gasteiger partial charge is 0.254 e. The Morgan fingerprint density at radius 2 is 1.97 bits per heavy atom. The summed E-state index contributed by atoms with van der Waals surface area (Å²) in [6.07, 6.45) is 9.10. The van der Waals surface area contributed by atoms with Gasteiger partial charge in [-0.05, 0) is 62.6 Å². The van der Waals surface area contributed by atoms with E-state index >= 15 is 0 Å². The summed E-state index contributed by atoms with van der Waals surface area (Å²) in [6, 6.07) is 13.1. The van der Waals surface area contributed by atoms with E-state index < -0.39 is 6.04 Å². The molecule has 9 nitrogen and oxygen atoms in total. The van der Waals surface area contributed by atoms with Crippen LogP contribution in [0, 0.1) is 18.3 Å². The summed E-state index contributed by atoms with van der Waals surface area (Å²) < 4.78 is 0. The van der Waals surface area contributed by atoms with Crippen molar-refractivity contribution in [3.05, 3.63) is 59.9 Å².